The third-order valence-corrected chi connectivity index (χ3v) is 17.7. The van der Waals surface area contributed by atoms with E-state index in [1.807, 2.05) is 73.7 Å². The summed E-state index contributed by atoms with van der Waals surface area (Å²) < 4.78 is 0. The van der Waals surface area contributed by atoms with E-state index in [0.717, 1.165) is 86.6 Å². The molecule has 2 aromatic carbocycles. The maximum Gasteiger partial charge on any atom is 0.0628 e. The van der Waals surface area contributed by atoms with Crippen LogP contribution >= 0.6 is 12.4 Å². The van der Waals surface area contributed by atoms with Gasteiger partial charge in [0.05, 0.1) is 55.0 Å². The first kappa shape index (κ1) is 44.7. The summed E-state index contributed by atoms with van der Waals surface area (Å²) >= 11 is 0. The predicted molar refractivity (Wildman–Crippen MR) is 263 cm³/mol. The third-order valence-electron chi connectivity index (χ3n) is 17.7. The van der Waals surface area contributed by atoms with Crippen molar-refractivity contribution in [1.29, 1.82) is 5.41 Å². The molecule has 5 heterocycles. The van der Waals surface area contributed by atoms with Gasteiger partial charge >= 0.3 is 0 Å². The zero-order valence-corrected chi connectivity index (χ0v) is 38.8. The number of hydrogen-bond donors (Lipinski definition) is 11. The Hall–Kier alpha value is -3.10. The molecule has 12 heteroatoms. The normalized spacial score (nSPS) is 41.0. The SMILES string of the molecule is C1CCC2C3NC(NC4NC(NC5NC(NC6NC(N3)C3CCCCC63)C3CCCCC53)C3CCCCC43)C2C1.CC1=CC(=C(c2ccc(N)cc2)c2ccc(N)cc2)C=CC1=N.Cl. The van der Waals surface area contributed by atoms with Crippen LogP contribution in [0, 0.1) is 52.8 Å². The molecular weight excluding hydrogens is 814 g/mol. The van der Waals surface area contributed by atoms with Gasteiger partial charge in [0, 0.05) is 11.4 Å². The average Bonchev–Trinajstić information content (AvgIpc) is 4.05. The second-order valence-corrected chi connectivity index (χ2v) is 21.3. The first-order valence-electron chi connectivity index (χ1n) is 25.3. The molecule has 8 unspecified atom stereocenters. The van der Waals surface area contributed by atoms with Crippen molar-refractivity contribution in [3.8, 4) is 0 Å². The van der Waals surface area contributed by atoms with E-state index in [1.54, 1.807) is 0 Å². The van der Waals surface area contributed by atoms with Crippen LogP contribution in [0.25, 0.3) is 5.57 Å². The van der Waals surface area contributed by atoms with Gasteiger partial charge in [0.15, 0.2) is 0 Å². The Kier molecular flexibility index (Phi) is 13.5. The van der Waals surface area contributed by atoms with E-state index in [4.69, 9.17) is 16.9 Å². The Bertz CT molecular complexity index is 1800. The minimum Gasteiger partial charge on any atom is -0.399 e. The van der Waals surface area contributed by atoms with Crippen molar-refractivity contribution in [3.05, 3.63) is 89.0 Å². The highest BCUT2D eigenvalue weighted by Crippen LogP contribution is 2.46. The Morgan fingerprint density at radius 2 is 0.672 bits per heavy atom. The van der Waals surface area contributed by atoms with Crippen molar-refractivity contribution in [1.82, 2.24) is 42.5 Å². The van der Waals surface area contributed by atoms with Crippen LogP contribution in [0.1, 0.15) is 121 Å². The smallest absolute Gasteiger partial charge is 0.0628 e. The lowest BCUT2D eigenvalue weighted by Gasteiger charge is -2.35. The van der Waals surface area contributed by atoms with E-state index in [0.29, 0.717) is 55.0 Å². The number of nitrogens with one attached hydrogen (secondary N) is 9. The van der Waals surface area contributed by atoms with E-state index in [1.165, 1.54) is 103 Å². The van der Waals surface area contributed by atoms with Crippen molar-refractivity contribution in [3.63, 3.8) is 0 Å². The van der Waals surface area contributed by atoms with Gasteiger partial charge in [-0.1, -0.05) is 81.7 Å². The molecular formula is C52H76ClN11. The summed E-state index contributed by atoms with van der Waals surface area (Å²) in [6.07, 6.45) is 31.4. The minimum absolute atomic E-state index is 0. The average molecular weight is 891 g/mol. The summed E-state index contributed by atoms with van der Waals surface area (Å²) in [5.74, 6) is 5.97. The molecule has 0 aromatic heterocycles. The molecule has 9 fully saturated rings. The molecule has 12 rings (SSSR count). The van der Waals surface area contributed by atoms with Crippen LogP contribution < -0.4 is 54.0 Å². The Morgan fingerprint density at radius 3 is 0.906 bits per heavy atom. The fraction of sp³-hybridized carbons (Fsp3) is 0.635. The number of anilines is 2. The number of fused-ring (bicyclic) bond motifs is 20. The van der Waals surface area contributed by atoms with Gasteiger partial charge in [-0.25, -0.2) is 0 Å². The second-order valence-electron chi connectivity index (χ2n) is 21.3. The maximum atomic E-state index is 7.88. The van der Waals surface area contributed by atoms with Crippen LogP contribution in [0.3, 0.4) is 0 Å². The molecule has 8 bridgehead atoms. The number of allylic oxidation sites excluding steroid dienone is 5. The fourth-order valence-corrected chi connectivity index (χ4v) is 14.6. The predicted octanol–water partition coefficient (Wildman–Crippen LogP) is 7.22. The molecule has 346 valence electrons. The van der Waals surface area contributed by atoms with E-state index in [2.05, 4.69) is 42.5 Å². The van der Waals surface area contributed by atoms with Crippen molar-refractivity contribution >= 4 is 35.1 Å². The highest BCUT2D eigenvalue weighted by atomic mass is 35.5. The lowest BCUT2D eigenvalue weighted by Crippen LogP contribution is -2.61. The molecule has 0 radical (unpaired) electrons. The number of nitrogen functional groups attached to an aromatic ring is 2. The third kappa shape index (κ3) is 8.79. The van der Waals surface area contributed by atoms with E-state index < -0.39 is 0 Å². The Morgan fingerprint density at radius 1 is 0.422 bits per heavy atom. The monoisotopic (exact) mass is 890 g/mol. The van der Waals surface area contributed by atoms with E-state index in [-0.39, 0.29) is 12.4 Å². The lowest BCUT2D eigenvalue weighted by molar-refractivity contribution is 0.167. The van der Waals surface area contributed by atoms with Gasteiger partial charge in [-0.05, 0) is 170 Å². The largest absolute Gasteiger partial charge is 0.399 e. The van der Waals surface area contributed by atoms with Crippen LogP contribution in [0.4, 0.5) is 11.4 Å². The number of rotatable bonds is 2. The first-order chi connectivity index (χ1) is 30.8. The van der Waals surface area contributed by atoms with E-state index >= 15 is 0 Å². The number of halogens is 1. The summed E-state index contributed by atoms with van der Waals surface area (Å²) in [6.45, 7) is 1.95. The van der Waals surface area contributed by atoms with Crippen LogP contribution in [0.2, 0.25) is 0 Å². The van der Waals surface area contributed by atoms with Crippen molar-refractivity contribution in [2.45, 2.75) is 159 Å². The molecule has 13 N–H and O–H groups in total. The molecule has 8 atom stereocenters. The van der Waals surface area contributed by atoms with Gasteiger partial charge in [0.25, 0.3) is 0 Å². The van der Waals surface area contributed by atoms with Gasteiger partial charge in [0.1, 0.15) is 0 Å². The highest BCUT2D eigenvalue weighted by molar-refractivity contribution is 6.08. The van der Waals surface area contributed by atoms with Crippen molar-refractivity contribution < 1.29 is 0 Å². The first-order valence-corrected chi connectivity index (χ1v) is 25.3. The minimum atomic E-state index is 0. The van der Waals surface area contributed by atoms with Gasteiger partial charge in [-0.15, -0.1) is 12.4 Å². The number of benzene rings is 2. The molecule has 10 aliphatic rings. The van der Waals surface area contributed by atoms with Gasteiger partial charge in [-0.2, -0.15) is 0 Å². The zero-order valence-electron chi connectivity index (χ0n) is 38.0. The zero-order chi connectivity index (χ0) is 42.6. The lowest BCUT2D eigenvalue weighted by atomic mass is 9.76. The van der Waals surface area contributed by atoms with Gasteiger partial charge in [0.2, 0.25) is 0 Å². The highest BCUT2D eigenvalue weighted by Gasteiger charge is 2.54. The molecule has 2 aromatic rings. The van der Waals surface area contributed by atoms with Crippen molar-refractivity contribution in [2.75, 3.05) is 11.5 Å². The molecule has 5 aliphatic carbocycles. The molecule has 64 heavy (non-hydrogen) atoms. The van der Waals surface area contributed by atoms with Crippen LogP contribution in [0.5, 0.6) is 0 Å². The summed E-state index contributed by atoms with van der Waals surface area (Å²) in [5.41, 5.74) is 19.0. The molecule has 5 aliphatic heterocycles. The molecule has 0 amide bonds. The summed E-state index contributed by atoms with van der Waals surface area (Å²) in [7, 11) is 0. The Labute approximate surface area is 388 Å². The Balaban J connectivity index is 0.000000173. The number of hydrogen-bond acceptors (Lipinski definition) is 11. The summed E-state index contributed by atoms with van der Waals surface area (Å²) in [5, 5.41) is 41.7. The topological polar surface area (TPSA) is 172 Å². The summed E-state index contributed by atoms with van der Waals surface area (Å²) in [6, 6.07) is 15.7. The quantitative estimate of drug-likeness (QED) is 0.139. The fourth-order valence-electron chi connectivity index (χ4n) is 14.6. The second kappa shape index (κ2) is 19.2. The van der Waals surface area contributed by atoms with Crippen molar-refractivity contribution in [2.24, 2.45) is 47.3 Å². The van der Waals surface area contributed by atoms with Gasteiger partial charge in [-0.3, -0.25) is 42.5 Å². The van der Waals surface area contributed by atoms with Crippen LogP contribution in [0.15, 0.2) is 77.9 Å². The summed E-state index contributed by atoms with van der Waals surface area (Å²) in [4.78, 5) is 0. The maximum absolute atomic E-state index is 7.88. The van der Waals surface area contributed by atoms with Gasteiger partial charge < -0.3 is 16.9 Å². The molecule has 0 spiro atoms. The van der Waals surface area contributed by atoms with Crippen LogP contribution in [-0.4, -0.2) is 55.0 Å². The van der Waals surface area contributed by atoms with E-state index in [9.17, 15) is 0 Å². The molecule has 5 saturated heterocycles. The standard InChI is InChI=1S/C32H56N8.C20H19N3.ClH/c1-2-10-18-17(9-1)25-33-26(18)38-28-21-13-5-6-14-22(21)30(35-28)40-32-24-16-8-7-15-23(24)31(36-32)39-29-20-12-4-3-11-19(20)27(34-29)37-25;1-13-12-16(6-11-19(13)23)20(14-2-7-17(21)8-3-14)15-4-9-18(22)10-5-15;/h17-40H,1-16H2;2-12,23H,21-22H2,1H3;1H. The number of nitrogens with two attached hydrogens (primary N) is 2. The molecule has 11 nitrogen and oxygen atoms in total. The molecule has 4 saturated carbocycles. The van der Waals surface area contributed by atoms with Crippen LogP contribution in [-0.2, 0) is 0 Å².